The van der Waals surface area contributed by atoms with Crippen molar-refractivity contribution in [1.29, 1.82) is 0 Å². The number of para-hydroxylation sites is 1. The van der Waals surface area contributed by atoms with Crippen LogP contribution in [0, 0.1) is 5.82 Å². The van der Waals surface area contributed by atoms with Gasteiger partial charge < -0.3 is 14.6 Å². The summed E-state index contributed by atoms with van der Waals surface area (Å²) in [4.78, 5) is 12.9. The molecule has 4 heterocycles. The van der Waals surface area contributed by atoms with Crippen LogP contribution < -0.4 is 4.74 Å². The van der Waals surface area contributed by atoms with Crippen LogP contribution in [0.4, 0.5) is 13.2 Å². The minimum Gasteiger partial charge on any atom is -0.434 e. The van der Waals surface area contributed by atoms with Crippen molar-refractivity contribution in [3.8, 4) is 16.9 Å². The molecule has 4 aromatic rings. The Morgan fingerprint density at radius 2 is 1.94 bits per heavy atom. The van der Waals surface area contributed by atoms with E-state index >= 15 is 4.39 Å². The first-order valence-electron chi connectivity index (χ1n) is 10.6. The van der Waals surface area contributed by atoms with Gasteiger partial charge in [0.2, 0.25) is 0 Å². The average molecular weight is 470 g/mol. The van der Waals surface area contributed by atoms with E-state index in [-0.39, 0.29) is 17.1 Å². The summed E-state index contributed by atoms with van der Waals surface area (Å²) in [5.41, 5.74) is 1.48. The SMILES string of the molecule is CC(C)(O)c1ncc(-c2cn3c4c(nc3cc2F)CCO[C@@H]4c2ccccc2OC(F)F)cn1. The molecule has 0 spiro atoms. The summed E-state index contributed by atoms with van der Waals surface area (Å²) in [7, 11) is 0. The van der Waals surface area contributed by atoms with E-state index < -0.39 is 24.1 Å². The molecule has 0 unspecified atom stereocenters. The molecule has 3 aromatic heterocycles. The van der Waals surface area contributed by atoms with E-state index in [0.717, 1.165) is 0 Å². The number of alkyl halides is 2. The number of halogens is 3. The highest BCUT2D eigenvalue weighted by Gasteiger charge is 2.31. The first-order chi connectivity index (χ1) is 16.2. The molecule has 7 nitrogen and oxygen atoms in total. The van der Waals surface area contributed by atoms with Crippen LogP contribution in [0.15, 0.2) is 48.9 Å². The summed E-state index contributed by atoms with van der Waals surface area (Å²) in [6.45, 7) is 0.454. The Morgan fingerprint density at radius 1 is 1.21 bits per heavy atom. The van der Waals surface area contributed by atoms with Crippen LogP contribution in [-0.4, -0.2) is 37.7 Å². The fraction of sp³-hybridized carbons (Fsp3) is 0.292. The molecular formula is C24H21F3N4O3. The molecule has 1 aliphatic heterocycles. The molecule has 0 amide bonds. The first-order valence-corrected chi connectivity index (χ1v) is 10.6. The summed E-state index contributed by atoms with van der Waals surface area (Å²) in [5.74, 6) is -0.307. The van der Waals surface area contributed by atoms with Crippen molar-refractivity contribution in [2.45, 2.75) is 38.6 Å². The van der Waals surface area contributed by atoms with Gasteiger partial charge in [-0.05, 0) is 19.9 Å². The average Bonchev–Trinajstić information content (AvgIpc) is 3.15. The first kappa shape index (κ1) is 22.3. The molecule has 34 heavy (non-hydrogen) atoms. The van der Waals surface area contributed by atoms with Gasteiger partial charge in [-0.1, -0.05) is 18.2 Å². The number of rotatable bonds is 5. The maximum absolute atomic E-state index is 15.0. The summed E-state index contributed by atoms with van der Waals surface area (Å²) in [6.07, 6.45) is 4.20. The van der Waals surface area contributed by atoms with E-state index in [9.17, 15) is 13.9 Å². The minimum absolute atomic E-state index is 0.00300. The predicted octanol–water partition coefficient (Wildman–Crippen LogP) is 4.42. The zero-order valence-electron chi connectivity index (χ0n) is 18.4. The second-order valence-corrected chi connectivity index (χ2v) is 8.48. The number of hydrogen-bond acceptors (Lipinski definition) is 6. The molecule has 0 fully saturated rings. The highest BCUT2D eigenvalue weighted by Crippen LogP contribution is 2.39. The lowest BCUT2D eigenvalue weighted by Gasteiger charge is -2.25. The van der Waals surface area contributed by atoms with E-state index in [1.807, 2.05) is 0 Å². The van der Waals surface area contributed by atoms with Gasteiger partial charge in [0.05, 0.1) is 18.0 Å². The zero-order valence-corrected chi connectivity index (χ0v) is 18.4. The largest absolute Gasteiger partial charge is 0.434 e. The van der Waals surface area contributed by atoms with Crippen molar-refractivity contribution in [2.24, 2.45) is 0 Å². The van der Waals surface area contributed by atoms with Crippen LogP contribution in [0.5, 0.6) is 5.75 Å². The fourth-order valence-corrected chi connectivity index (χ4v) is 4.08. The number of nitrogens with zero attached hydrogens (tertiary/aromatic N) is 4. The molecule has 10 heteroatoms. The van der Waals surface area contributed by atoms with Crippen molar-refractivity contribution in [2.75, 3.05) is 6.61 Å². The number of pyridine rings is 1. The second kappa shape index (κ2) is 8.37. The maximum atomic E-state index is 15.0. The van der Waals surface area contributed by atoms with Gasteiger partial charge in [-0.2, -0.15) is 8.78 Å². The minimum atomic E-state index is -2.99. The van der Waals surface area contributed by atoms with E-state index in [4.69, 9.17) is 9.47 Å². The number of hydrogen-bond donors (Lipinski definition) is 1. The maximum Gasteiger partial charge on any atom is 0.387 e. The molecule has 1 N–H and O–H groups in total. The Labute approximate surface area is 192 Å². The number of aromatic nitrogens is 4. The number of fused-ring (bicyclic) bond motifs is 3. The molecule has 176 valence electrons. The zero-order chi connectivity index (χ0) is 24.0. The fourth-order valence-electron chi connectivity index (χ4n) is 4.08. The van der Waals surface area contributed by atoms with Crippen LogP contribution in [0.2, 0.25) is 0 Å². The quantitative estimate of drug-likeness (QED) is 0.465. The summed E-state index contributed by atoms with van der Waals surface area (Å²) in [6, 6.07) is 7.72. The highest BCUT2D eigenvalue weighted by molar-refractivity contribution is 5.65. The van der Waals surface area contributed by atoms with Gasteiger partial charge in [0.1, 0.15) is 28.9 Å². The van der Waals surface area contributed by atoms with Gasteiger partial charge >= 0.3 is 6.61 Å². The Bertz CT molecular complexity index is 1350. The molecule has 1 atom stereocenters. The van der Waals surface area contributed by atoms with Gasteiger partial charge in [0.25, 0.3) is 0 Å². The summed E-state index contributed by atoms with van der Waals surface area (Å²) >= 11 is 0. The van der Waals surface area contributed by atoms with Crippen LogP contribution >= 0.6 is 0 Å². The van der Waals surface area contributed by atoms with Gasteiger partial charge in [-0.25, -0.2) is 19.3 Å². The topological polar surface area (TPSA) is 81.8 Å². The third kappa shape index (κ3) is 3.99. The second-order valence-electron chi connectivity index (χ2n) is 8.48. The molecule has 0 saturated carbocycles. The van der Waals surface area contributed by atoms with Gasteiger partial charge in [-0.3, -0.25) is 4.40 Å². The lowest BCUT2D eigenvalue weighted by atomic mass is 10.0. The third-order valence-electron chi connectivity index (χ3n) is 5.62. The van der Waals surface area contributed by atoms with Crippen molar-refractivity contribution in [3.05, 3.63) is 77.5 Å². The van der Waals surface area contributed by atoms with Gasteiger partial charge in [0.15, 0.2) is 5.82 Å². The smallest absolute Gasteiger partial charge is 0.387 e. The van der Waals surface area contributed by atoms with Crippen molar-refractivity contribution in [3.63, 3.8) is 0 Å². The summed E-state index contributed by atoms with van der Waals surface area (Å²) in [5, 5.41) is 10.1. The van der Waals surface area contributed by atoms with Gasteiger partial charge in [0, 0.05) is 47.8 Å². The molecule has 0 bridgehead atoms. The lowest BCUT2D eigenvalue weighted by Crippen LogP contribution is -2.20. The van der Waals surface area contributed by atoms with Crippen molar-refractivity contribution < 1.29 is 27.8 Å². The Hall–Kier alpha value is -3.50. The molecule has 0 aliphatic carbocycles. The normalized spacial score (nSPS) is 16.1. The standard InChI is InChI=1S/C24H21F3N4O3/c1-24(2,32)22-28-10-13(11-29-22)15-12-31-19(9-16(15)25)30-17-7-8-33-21(20(17)31)14-5-3-4-6-18(14)34-23(26)27/h3-6,9-12,21,23,32H,7-8H2,1-2H3/t21-/m1/s1. The summed E-state index contributed by atoms with van der Waals surface area (Å²) < 4.78 is 53.4. The molecular weight excluding hydrogens is 449 g/mol. The third-order valence-corrected chi connectivity index (χ3v) is 5.62. The Kier molecular flexibility index (Phi) is 5.49. The lowest BCUT2D eigenvalue weighted by molar-refractivity contribution is -0.0522. The van der Waals surface area contributed by atoms with E-state index in [1.165, 1.54) is 24.5 Å². The van der Waals surface area contributed by atoms with E-state index in [2.05, 4.69) is 15.0 Å². The molecule has 0 saturated heterocycles. The highest BCUT2D eigenvalue weighted by atomic mass is 19.3. The Morgan fingerprint density at radius 3 is 2.65 bits per heavy atom. The molecule has 0 radical (unpaired) electrons. The van der Waals surface area contributed by atoms with Gasteiger partial charge in [-0.15, -0.1) is 0 Å². The number of imidazole rings is 1. The van der Waals surface area contributed by atoms with Crippen LogP contribution in [0.1, 0.15) is 42.7 Å². The van der Waals surface area contributed by atoms with Crippen LogP contribution in [-0.2, 0) is 16.8 Å². The number of ether oxygens (including phenoxy) is 2. The molecule has 5 rings (SSSR count). The molecule has 1 aliphatic rings. The van der Waals surface area contributed by atoms with Crippen molar-refractivity contribution in [1.82, 2.24) is 19.4 Å². The van der Waals surface area contributed by atoms with E-state index in [1.54, 1.807) is 42.6 Å². The van der Waals surface area contributed by atoms with Crippen molar-refractivity contribution >= 4 is 5.65 Å². The predicted molar refractivity (Wildman–Crippen MR) is 116 cm³/mol. The number of benzene rings is 1. The van der Waals surface area contributed by atoms with E-state index in [0.29, 0.717) is 41.2 Å². The van der Waals surface area contributed by atoms with Crippen LogP contribution in [0.25, 0.3) is 16.8 Å². The molecule has 1 aromatic carbocycles. The monoisotopic (exact) mass is 470 g/mol. The number of aliphatic hydroxyl groups is 1. The van der Waals surface area contributed by atoms with Crippen LogP contribution in [0.3, 0.4) is 0 Å². The Balaban J connectivity index is 1.64.